The molecule has 0 aromatic carbocycles. The molecule has 1 rings (SSSR count). The molecule has 0 aliphatic heterocycles. The largest absolute Gasteiger partial charge is 0.468 e. The van der Waals surface area contributed by atoms with Crippen LogP contribution in [0.1, 0.15) is 15.8 Å². The van der Waals surface area contributed by atoms with Crippen LogP contribution in [0.3, 0.4) is 0 Å². The van der Waals surface area contributed by atoms with Gasteiger partial charge in [-0.3, -0.25) is 0 Å². The van der Waals surface area contributed by atoms with E-state index in [4.69, 9.17) is 5.73 Å². The van der Waals surface area contributed by atoms with E-state index in [2.05, 4.69) is 4.74 Å². The number of thiophene rings is 1. The number of ether oxygens (including phenoxy) is 1. The maximum Gasteiger partial charge on any atom is 0.425 e. The molecule has 2 N–H and O–H groups in total. The minimum absolute atomic E-state index is 0.133. The number of carbonyl (C=O) groups excluding carboxylic acids is 1. The van der Waals surface area contributed by atoms with Crippen molar-refractivity contribution in [2.45, 2.75) is 12.2 Å². The highest BCUT2D eigenvalue weighted by molar-refractivity contribution is 7.12. The van der Waals surface area contributed by atoms with E-state index < -0.39 is 23.1 Å². The fourth-order valence-corrected chi connectivity index (χ4v) is 1.78. The van der Waals surface area contributed by atoms with Gasteiger partial charge in [0, 0.05) is 4.88 Å². The summed E-state index contributed by atoms with van der Waals surface area (Å²) in [7, 11) is 1.13. The molecule has 84 valence electrons. The highest BCUT2D eigenvalue weighted by Crippen LogP contribution is 2.36. The third-order valence-corrected chi connectivity index (χ3v) is 2.88. The molecule has 1 atom stereocenters. The number of alkyl halides is 3. The molecule has 7 heteroatoms. The van der Waals surface area contributed by atoms with Crippen LogP contribution >= 0.6 is 11.3 Å². The Balaban J connectivity index is 2.89. The first kappa shape index (κ1) is 12.0. The number of hydrogen-bond donors (Lipinski definition) is 1. The van der Waals surface area contributed by atoms with Gasteiger partial charge in [-0.05, 0) is 12.1 Å². The van der Waals surface area contributed by atoms with Crippen LogP contribution in [-0.2, 0) is 15.7 Å². The van der Waals surface area contributed by atoms with Crippen LogP contribution in [0.2, 0.25) is 0 Å². The van der Waals surface area contributed by atoms with E-state index >= 15 is 0 Å². The minimum atomic E-state index is -4.40. The maximum absolute atomic E-state index is 12.2. The molecule has 15 heavy (non-hydrogen) atoms. The number of esters is 1. The Kier molecular flexibility index (Phi) is 3.35. The van der Waals surface area contributed by atoms with Crippen LogP contribution in [0, 0.1) is 0 Å². The first-order chi connectivity index (χ1) is 6.86. The van der Waals surface area contributed by atoms with Crippen LogP contribution in [0.4, 0.5) is 13.2 Å². The van der Waals surface area contributed by atoms with Crippen molar-refractivity contribution in [3.63, 3.8) is 0 Å². The number of methoxy groups -OCH3 is 1. The summed E-state index contributed by atoms with van der Waals surface area (Å²) < 4.78 is 40.9. The van der Waals surface area contributed by atoms with Gasteiger partial charge >= 0.3 is 12.1 Å². The Morgan fingerprint density at radius 1 is 1.53 bits per heavy atom. The van der Waals surface area contributed by atoms with Crippen LogP contribution < -0.4 is 5.73 Å². The SMILES string of the molecule is COC(=O)C(N)c1ccc(C(F)(F)F)s1. The maximum atomic E-state index is 12.2. The standard InChI is InChI=1S/C8H8F3NO2S/c1-14-7(13)6(12)4-2-3-5(15-4)8(9,10)11/h2-3,6H,12H2,1H3. The van der Waals surface area contributed by atoms with Crippen molar-refractivity contribution >= 4 is 17.3 Å². The summed E-state index contributed by atoms with van der Waals surface area (Å²) in [5.74, 6) is -0.759. The van der Waals surface area contributed by atoms with Crippen molar-refractivity contribution in [1.29, 1.82) is 0 Å². The summed E-state index contributed by atoms with van der Waals surface area (Å²) in [5.41, 5.74) is 5.37. The lowest BCUT2D eigenvalue weighted by Gasteiger charge is -2.06. The zero-order chi connectivity index (χ0) is 11.6. The molecule has 0 saturated heterocycles. The van der Waals surface area contributed by atoms with Crippen LogP contribution in [0.15, 0.2) is 12.1 Å². The molecule has 0 fully saturated rings. The normalized spacial score (nSPS) is 13.7. The molecule has 0 spiro atoms. The summed E-state index contributed by atoms with van der Waals surface area (Å²) in [6, 6.07) is 0.911. The van der Waals surface area contributed by atoms with Crippen LogP contribution in [0.25, 0.3) is 0 Å². The second-order valence-electron chi connectivity index (χ2n) is 2.70. The van der Waals surface area contributed by atoms with E-state index in [0.717, 1.165) is 13.2 Å². The molecular weight excluding hydrogens is 231 g/mol. The van der Waals surface area contributed by atoms with Gasteiger partial charge in [-0.2, -0.15) is 13.2 Å². The van der Waals surface area contributed by atoms with E-state index in [1.807, 2.05) is 0 Å². The fourth-order valence-electron chi connectivity index (χ4n) is 0.915. The molecule has 0 aliphatic rings. The predicted octanol–water partition coefficient (Wildman–Crippen LogP) is 1.94. The van der Waals surface area contributed by atoms with Gasteiger partial charge in [0.05, 0.1) is 7.11 Å². The van der Waals surface area contributed by atoms with E-state index in [1.54, 1.807) is 0 Å². The Morgan fingerprint density at radius 3 is 2.53 bits per heavy atom. The summed E-state index contributed by atoms with van der Waals surface area (Å²) in [5, 5.41) is 0. The first-order valence-electron chi connectivity index (χ1n) is 3.86. The quantitative estimate of drug-likeness (QED) is 0.802. The predicted molar refractivity (Wildman–Crippen MR) is 48.3 cm³/mol. The second kappa shape index (κ2) is 4.19. The van der Waals surface area contributed by atoms with Crippen molar-refractivity contribution in [3.05, 3.63) is 21.9 Å². The smallest absolute Gasteiger partial charge is 0.425 e. The van der Waals surface area contributed by atoms with Gasteiger partial charge < -0.3 is 10.5 Å². The lowest BCUT2D eigenvalue weighted by Crippen LogP contribution is -2.21. The Bertz CT molecular complexity index is 361. The third-order valence-electron chi connectivity index (χ3n) is 1.67. The molecule has 3 nitrogen and oxygen atoms in total. The molecule has 0 radical (unpaired) electrons. The lowest BCUT2D eigenvalue weighted by molar-refractivity contribution is -0.142. The van der Waals surface area contributed by atoms with Gasteiger partial charge in [-0.1, -0.05) is 0 Å². The van der Waals surface area contributed by atoms with E-state index in [9.17, 15) is 18.0 Å². The summed E-state index contributed by atoms with van der Waals surface area (Å²) in [4.78, 5) is 10.3. The van der Waals surface area contributed by atoms with Crippen molar-refractivity contribution < 1.29 is 22.7 Å². The molecule has 0 saturated carbocycles. The van der Waals surface area contributed by atoms with Crippen molar-refractivity contribution in [3.8, 4) is 0 Å². The van der Waals surface area contributed by atoms with Crippen molar-refractivity contribution in [2.24, 2.45) is 5.73 Å². The Morgan fingerprint density at radius 2 is 2.13 bits per heavy atom. The highest BCUT2D eigenvalue weighted by atomic mass is 32.1. The third kappa shape index (κ3) is 2.69. The summed E-state index contributed by atoms with van der Waals surface area (Å²) in [6.07, 6.45) is -4.40. The van der Waals surface area contributed by atoms with Gasteiger partial charge in [-0.15, -0.1) is 11.3 Å². The monoisotopic (exact) mass is 239 g/mol. The van der Waals surface area contributed by atoms with Gasteiger partial charge in [0.1, 0.15) is 10.9 Å². The minimum Gasteiger partial charge on any atom is -0.468 e. The highest BCUT2D eigenvalue weighted by Gasteiger charge is 2.33. The zero-order valence-corrected chi connectivity index (χ0v) is 8.48. The van der Waals surface area contributed by atoms with Gasteiger partial charge in [0.25, 0.3) is 0 Å². The number of rotatable bonds is 2. The van der Waals surface area contributed by atoms with Gasteiger partial charge in [-0.25, -0.2) is 4.79 Å². The lowest BCUT2D eigenvalue weighted by atomic mass is 10.2. The molecule has 1 aromatic rings. The number of carbonyl (C=O) groups is 1. The second-order valence-corrected chi connectivity index (χ2v) is 3.82. The molecule has 1 heterocycles. The average molecular weight is 239 g/mol. The molecule has 0 bridgehead atoms. The van der Waals surface area contributed by atoms with E-state index in [-0.39, 0.29) is 4.88 Å². The van der Waals surface area contributed by atoms with Gasteiger partial charge in [0.2, 0.25) is 0 Å². The van der Waals surface area contributed by atoms with Crippen LogP contribution in [0.5, 0.6) is 0 Å². The van der Waals surface area contributed by atoms with Crippen LogP contribution in [-0.4, -0.2) is 13.1 Å². The first-order valence-corrected chi connectivity index (χ1v) is 4.68. The Labute approximate surface area is 87.6 Å². The fraction of sp³-hybridized carbons (Fsp3) is 0.375. The van der Waals surface area contributed by atoms with Crippen molar-refractivity contribution in [2.75, 3.05) is 7.11 Å². The molecule has 0 amide bonds. The topological polar surface area (TPSA) is 52.3 Å². The number of halogens is 3. The molecular formula is C8H8F3NO2S. The summed E-state index contributed by atoms with van der Waals surface area (Å²) >= 11 is 0.441. The van der Waals surface area contributed by atoms with Gasteiger partial charge in [0.15, 0.2) is 0 Å². The molecule has 1 aromatic heterocycles. The van der Waals surface area contributed by atoms with E-state index in [0.29, 0.717) is 11.3 Å². The number of nitrogens with two attached hydrogens (primary N) is 1. The van der Waals surface area contributed by atoms with Crippen molar-refractivity contribution in [1.82, 2.24) is 0 Å². The molecule has 0 aliphatic carbocycles. The average Bonchev–Trinajstić information content (AvgIpc) is 2.63. The zero-order valence-electron chi connectivity index (χ0n) is 7.67. The number of hydrogen-bond acceptors (Lipinski definition) is 4. The summed E-state index contributed by atoms with van der Waals surface area (Å²) in [6.45, 7) is 0. The van der Waals surface area contributed by atoms with E-state index in [1.165, 1.54) is 6.07 Å². The molecule has 1 unspecified atom stereocenters. The Hall–Kier alpha value is -1.08.